The van der Waals surface area contributed by atoms with Gasteiger partial charge in [0.2, 0.25) is 6.17 Å². The van der Waals surface area contributed by atoms with E-state index in [2.05, 4.69) is 5.32 Å². The molecule has 2 atom stereocenters. The minimum Gasteiger partial charge on any atom is -0.372 e. The summed E-state index contributed by atoms with van der Waals surface area (Å²) >= 11 is 18.0. The van der Waals surface area contributed by atoms with E-state index in [1.165, 1.54) is 0 Å². The number of benzene rings is 1. The molecule has 0 aliphatic carbocycles. The van der Waals surface area contributed by atoms with Crippen LogP contribution in [0.4, 0.5) is 0 Å². The number of hydrogen-bond acceptors (Lipinski definition) is 2. The molecule has 0 radical (unpaired) electrons. The fourth-order valence-electron chi connectivity index (χ4n) is 2.32. The molecule has 2 rings (SSSR count). The van der Waals surface area contributed by atoms with Crippen LogP contribution in [-0.2, 0) is 4.74 Å². The summed E-state index contributed by atoms with van der Waals surface area (Å²) in [5.74, 6) is -0.264. The molecule has 0 spiro atoms. The molecule has 1 fully saturated rings. The lowest BCUT2D eigenvalue weighted by atomic mass is 10.1. The zero-order valence-electron chi connectivity index (χ0n) is 12.3. The number of hydrogen-bond donors (Lipinski definition) is 2. The smallest absolute Gasteiger partial charge is 0.262 e. The third-order valence-corrected chi connectivity index (χ3v) is 4.32. The maximum Gasteiger partial charge on any atom is 0.262 e. The van der Waals surface area contributed by atoms with Crippen molar-refractivity contribution in [2.75, 3.05) is 13.2 Å². The summed E-state index contributed by atoms with van der Waals surface area (Å²) in [7, 11) is 0. The number of carbonyl (C=O) groups is 1. The molecule has 1 saturated heterocycles. The van der Waals surface area contributed by atoms with Crippen LogP contribution in [0.3, 0.4) is 0 Å². The van der Waals surface area contributed by atoms with Gasteiger partial charge >= 0.3 is 0 Å². The summed E-state index contributed by atoms with van der Waals surface area (Å²) in [6, 6.07) is 7.24. The van der Waals surface area contributed by atoms with E-state index in [0.29, 0.717) is 12.1 Å². The van der Waals surface area contributed by atoms with Gasteiger partial charge in [0, 0.05) is 12.2 Å². The van der Waals surface area contributed by atoms with Crippen LogP contribution in [-0.4, -0.2) is 35.1 Å². The van der Waals surface area contributed by atoms with Crippen molar-refractivity contribution in [1.82, 2.24) is 5.32 Å². The Hall–Kier alpha value is -0.520. The highest BCUT2D eigenvalue weighted by Crippen LogP contribution is 2.27. The van der Waals surface area contributed by atoms with Gasteiger partial charge in [-0.3, -0.25) is 10.1 Å². The van der Waals surface area contributed by atoms with E-state index in [4.69, 9.17) is 39.5 Å². The molecule has 122 valence electrons. The monoisotopic (exact) mass is 365 g/mol. The Bertz CT molecular complexity index is 497. The van der Waals surface area contributed by atoms with Gasteiger partial charge in [-0.05, 0) is 31.9 Å². The largest absolute Gasteiger partial charge is 0.372 e. The van der Waals surface area contributed by atoms with Gasteiger partial charge in [0.1, 0.15) is 12.6 Å². The van der Waals surface area contributed by atoms with Gasteiger partial charge in [-0.25, -0.2) is 0 Å². The van der Waals surface area contributed by atoms with Gasteiger partial charge < -0.3 is 10.1 Å². The average molecular weight is 367 g/mol. The van der Waals surface area contributed by atoms with Crippen LogP contribution < -0.4 is 10.6 Å². The van der Waals surface area contributed by atoms with E-state index in [9.17, 15) is 4.79 Å². The third kappa shape index (κ3) is 5.28. The fraction of sp³-hybridized carbons (Fsp3) is 0.533. The van der Waals surface area contributed by atoms with Crippen LogP contribution in [0.25, 0.3) is 0 Å². The molecule has 7 heteroatoms. The maximum absolute atomic E-state index is 12.3. The zero-order valence-corrected chi connectivity index (χ0v) is 14.6. The first kappa shape index (κ1) is 17.8. The molecule has 4 nitrogen and oxygen atoms in total. The van der Waals surface area contributed by atoms with E-state index < -0.39 is 9.96 Å². The van der Waals surface area contributed by atoms with Crippen LogP contribution in [0, 0.1) is 6.92 Å². The fourth-order valence-corrected chi connectivity index (χ4v) is 2.75. The van der Waals surface area contributed by atoms with Crippen molar-refractivity contribution >= 4 is 40.7 Å². The minimum absolute atomic E-state index is 0.145. The van der Waals surface area contributed by atoms with Gasteiger partial charge in [-0.15, -0.1) is 0 Å². The summed E-state index contributed by atoms with van der Waals surface area (Å²) in [6.45, 7) is 3.38. The molecule has 1 aliphatic rings. The first-order chi connectivity index (χ1) is 10.4. The second-order valence-corrected chi connectivity index (χ2v) is 7.83. The molecule has 0 aromatic heterocycles. The maximum atomic E-state index is 12.3. The lowest BCUT2D eigenvalue weighted by Gasteiger charge is -2.24. The summed E-state index contributed by atoms with van der Waals surface area (Å²) in [5.41, 5.74) is 1.62. The van der Waals surface area contributed by atoms with Crippen molar-refractivity contribution in [2.45, 2.75) is 35.8 Å². The zero-order chi connectivity index (χ0) is 16.2. The van der Waals surface area contributed by atoms with Crippen LogP contribution in [0.15, 0.2) is 24.3 Å². The molecule has 22 heavy (non-hydrogen) atoms. The van der Waals surface area contributed by atoms with Crippen molar-refractivity contribution in [3.05, 3.63) is 35.4 Å². The van der Waals surface area contributed by atoms with Crippen LogP contribution in [0.2, 0.25) is 0 Å². The Morgan fingerprint density at radius 2 is 2.09 bits per heavy atom. The third-order valence-electron chi connectivity index (χ3n) is 3.61. The summed E-state index contributed by atoms with van der Waals surface area (Å²) < 4.78 is 3.95. The molecule has 1 aromatic rings. The number of rotatable bonds is 5. The molecule has 1 aromatic carbocycles. The number of amides is 1. The van der Waals surface area contributed by atoms with Crippen molar-refractivity contribution in [2.24, 2.45) is 0 Å². The Balaban J connectivity index is 1.96. The quantitative estimate of drug-likeness (QED) is 0.620. The Morgan fingerprint density at radius 3 is 2.64 bits per heavy atom. The second-order valence-electron chi connectivity index (χ2n) is 5.47. The van der Waals surface area contributed by atoms with Crippen LogP contribution in [0.5, 0.6) is 0 Å². The van der Waals surface area contributed by atoms with E-state index in [1.54, 1.807) is 12.1 Å². The average Bonchev–Trinajstić information content (AvgIpc) is 2.96. The Kier molecular flexibility index (Phi) is 6.36. The lowest BCUT2D eigenvalue weighted by molar-refractivity contribution is -0.697. The molecule has 1 amide bonds. The van der Waals surface area contributed by atoms with Crippen molar-refractivity contribution in [3.63, 3.8) is 0 Å². The SMILES string of the molecule is Cc1ccc(C(=O)N[C@H]([NH2+]C[C@@H]2CCCO2)C(Cl)(Cl)Cl)cc1. The van der Waals surface area contributed by atoms with Crippen molar-refractivity contribution in [1.29, 1.82) is 0 Å². The lowest BCUT2D eigenvalue weighted by Crippen LogP contribution is -2.97. The molecular weight excluding hydrogens is 347 g/mol. The predicted octanol–water partition coefficient (Wildman–Crippen LogP) is 2.16. The minimum atomic E-state index is -1.60. The van der Waals surface area contributed by atoms with Gasteiger partial charge in [0.25, 0.3) is 9.70 Å². The number of alkyl halides is 3. The standard InChI is InChI=1S/C15H19Cl3N2O2/c1-10-4-6-11(7-5-10)13(21)20-14(15(16,17)18)19-9-12-3-2-8-22-12/h4-7,12,14,19H,2-3,8-9H2,1H3,(H,20,21)/p+1/t12-,14-/m0/s1. The highest BCUT2D eigenvalue weighted by molar-refractivity contribution is 6.68. The summed E-state index contributed by atoms with van der Waals surface area (Å²) in [5, 5.41) is 4.59. The van der Waals surface area contributed by atoms with Gasteiger partial charge in [0.05, 0.1) is 0 Å². The number of aryl methyl sites for hydroxylation is 1. The van der Waals surface area contributed by atoms with Gasteiger partial charge in [0.15, 0.2) is 0 Å². The number of carbonyl (C=O) groups excluding carboxylic acids is 1. The Labute approximate surface area is 145 Å². The molecule has 3 N–H and O–H groups in total. The highest BCUT2D eigenvalue weighted by atomic mass is 35.6. The van der Waals surface area contributed by atoms with Crippen molar-refractivity contribution < 1.29 is 14.8 Å². The first-order valence-corrected chi connectivity index (χ1v) is 8.39. The normalized spacial score (nSPS) is 19.9. The topological polar surface area (TPSA) is 54.9 Å². The highest BCUT2D eigenvalue weighted by Gasteiger charge is 2.38. The molecule has 0 saturated carbocycles. The number of nitrogens with one attached hydrogen (secondary N) is 1. The van der Waals surface area contributed by atoms with Crippen molar-refractivity contribution in [3.8, 4) is 0 Å². The molecule has 1 aliphatic heterocycles. The van der Waals surface area contributed by atoms with E-state index in [-0.39, 0.29) is 12.0 Å². The van der Waals surface area contributed by atoms with Gasteiger partial charge in [-0.1, -0.05) is 52.5 Å². The molecular formula is C15H20Cl3N2O2+. The number of ether oxygens (including phenoxy) is 1. The molecule has 1 heterocycles. The number of nitrogens with two attached hydrogens (primary N) is 1. The first-order valence-electron chi connectivity index (χ1n) is 7.25. The molecule has 0 unspecified atom stereocenters. The van der Waals surface area contributed by atoms with E-state index in [0.717, 1.165) is 25.0 Å². The molecule has 0 bridgehead atoms. The second kappa shape index (κ2) is 7.84. The van der Waals surface area contributed by atoms with E-state index >= 15 is 0 Å². The van der Waals surface area contributed by atoms with Crippen LogP contribution >= 0.6 is 34.8 Å². The number of halogens is 3. The Morgan fingerprint density at radius 1 is 1.41 bits per heavy atom. The summed E-state index contributed by atoms with van der Waals surface area (Å²) in [4.78, 5) is 12.3. The summed E-state index contributed by atoms with van der Waals surface area (Å²) in [6.07, 6.45) is 1.52. The number of quaternary nitrogens is 1. The van der Waals surface area contributed by atoms with Gasteiger partial charge in [-0.2, -0.15) is 0 Å². The van der Waals surface area contributed by atoms with Crippen LogP contribution in [0.1, 0.15) is 28.8 Å². The predicted molar refractivity (Wildman–Crippen MR) is 88.5 cm³/mol. The van der Waals surface area contributed by atoms with E-state index in [1.807, 2.05) is 24.4 Å².